The lowest BCUT2D eigenvalue weighted by atomic mass is 9.98. The molecule has 1 atom stereocenters. The van der Waals surface area contributed by atoms with Gasteiger partial charge in [0.15, 0.2) is 0 Å². The van der Waals surface area contributed by atoms with Crippen LogP contribution in [0.3, 0.4) is 0 Å². The van der Waals surface area contributed by atoms with E-state index >= 15 is 0 Å². The number of carbonyl (C=O) groups excluding carboxylic acids is 2. The molecule has 4 rings (SSSR count). The van der Waals surface area contributed by atoms with Crippen LogP contribution in [0.1, 0.15) is 27.6 Å². The Morgan fingerprint density at radius 1 is 1.03 bits per heavy atom. The van der Waals surface area contributed by atoms with E-state index in [1.807, 2.05) is 17.5 Å². The van der Waals surface area contributed by atoms with Crippen LogP contribution in [0.4, 0.5) is 0 Å². The van der Waals surface area contributed by atoms with Crippen LogP contribution >= 0.6 is 11.3 Å². The fourth-order valence-electron chi connectivity index (χ4n) is 3.71. The average molecular weight is 421 g/mol. The summed E-state index contributed by atoms with van der Waals surface area (Å²) in [6.07, 6.45) is 4.32. The number of thiophene rings is 1. The van der Waals surface area contributed by atoms with Gasteiger partial charge in [0.2, 0.25) is 0 Å². The normalized spacial score (nSPS) is 14.5. The molecular formula is C23H24N4O2S. The number of amides is 2. The third-order valence-electron chi connectivity index (χ3n) is 5.31. The van der Waals surface area contributed by atoms with Crippen molar-refractivity contribution in [2.75, 3.05) is 13.1 Å². The van der Waals surface area contributed by atoms with E-state index in [1.54, 1.807) is 29.8 Å². The van der Waals surface area contributed by atoms with E-state index in [9.17, 15) is 9.59 Å². The van der Waals surface area contributed by atoms with Crippen molar-refractivity contribution < 1.29 is 9.59 Å². The molecule has 0 saturated carbocycles. The molecule has 3 aromatic rings. The number of rotatable bonds is 6. The molecule has 0 unspecified atom stereocenters. The van der Waals surface area contributed by atoms with Crippen LogP contribution in [-0.4, -0.2) is 34.8 Å². The zero-order valence-corrected chi connectivity index (χ0v) is 17.4. The smallest absolute Gasteiger partial charge is 0.309 e. The Morgan fingerprint density at radius 3 is 2.63 bits per heavy atom. The molecule has 1 aliphatic rings. The predicted octanol–water partition coefficient (Wildman–Crippen LogP) is 2.68. The second kappa shape index (κ2) is 9.65. The third kappa shape index (κ3) is 4.93. The van der Waals surface area contributed by atoms with Crippen molar-refractivity contribution in [2.45, 2.75) is 25.6 Å². The monoisotopic (exact) mass is 420 g/mol. The zero-order chi connectivity index (χ0) is 20.8. The summed E-state index contributed by atoms with van der Waals surface area (Å²) >= 11 is 1.67. The number of nitrogens with one attached hydrogen (secondary N) is 2. The lowest BCUT2D eigenvalue weighted by molar-refractivity contribution is -0.139. The van der Waals surface area contributed by atoms with Crippen molar-refractivity contribution in [2.24, 2.45) is 0 Å². The largest absolute Gasteiger partial charge is 0.346 e. The van der Waals surface area contributed by atoms with Crippen molar-refractivity contribution >= 4 is 23.2 Å². The van der Waals surface area contributed by atoms with E-state index in [4.69, 9.17) is 0 Å². The molecule has 0 saturated heterocycles. The second-order valence-electron chi connectivity index (χ2n) is 7.27. The Bertz CT molecular complexity index is 991. The molecule has 154 valence electrons. The number of pyridine rings is 1. The van der Waals surface area contributed by atoms with Crippen molar-refractivity contribution in [3.05, 3.63) is 87.9 Å². The Morgan fingerprint density at radius 2 is 1.87 bits per heavy atom. The van der Waals surface area contributed by atoms with E-state index in [-0.39, 0.29) is 12.6 Å². The molecule has 30 heavy (non-hydrogen) atoms. The summed E-state index contributed by atoms with van der Waals surface area (Å²) in [4.78, 5) is 32.1. The number of nitrogens with zero attached hydrogens (tertiary/aromatic N) is 2. The molecular weight excluding hydrogens is 396 g/mol. The minimum atomic E-state index is -0.632. The first-order chi connectivity index (χ1) is 14.7. The fraction of sp³-hybridized carbons (Fsp3) is 0.261. The van der Waals surface area contributed by atoms with Crippen molar-refractivity contribution in [3.63, 3.8) is 0 Å². The van der Waals surface area contributed by atoms with Crippen LogP contribution in [0.5, 0.6) is 0 Å². The van der Waals surface area contributed by atoms with Crippen molar-refractivity contribution in [1.82, 2.24) is 20.5 Å². The van der Waals surface area contributed by atoms with Gasteiger partial charge in [0.1, 0.15) is 0 Å². The van der Waals surface area contributed by atoms with Crippen LogP contribution in [0, 0.1) is 0 Å². The van der Waals surface area contributed by atoms with Gasteiger partial charge in [-0.1, -0.05) is 36.4 Å². The fourth-order valence-corrected chi connectivity index (χ4v) is 4.57. The highest BCUT2D eigenvalue weighted by molar-refractivity contribution is 7.10. The van der Waals surface area contributed by atoms with Crippen LogP contribution < -0.4 is 10.6 Å². The molecule has 0 radical (unpaired) electrons. The van der Waals surface area contributed by atoms with Gasteiger partial charge in [0.05, 0.1) is 6.04 Å². The quantitative estimate of drug-likeness (QED) is 0.602. The molecule has 7 heteroatoms. The van der Waals surface area contributed by atoms with E-state index in [0.717, 1.165) is 25.1 Å². The number of carbonyl (C=O) groups is 2. The van der Waals surface area contributed by atoms with Crippen molar-refractivity contribution in [1.29, 1.82) is 0 Å². The van der Waals surface area contributed by atoms with Gasteiger partial charge in [-0.25, -0.2) is 0 Å². The van der Waals surface area contributed by atoms with E-state index in [0.29, 0.717) is 6.54 Å². The topological polar surface area (TPSA) is 74.3 Å². The summed E-state index contributed by atoms with van der Waals surface area (Å²) in [5.41, 5.74) is 3.56. The summed E-state index contributed by atoms with van der Waals surface area (Å²) in [6.45, 7) is 2.42. The van der Waals surface area contributed by atoms with Crippen LogP contribution in [0.2, 0.25) is 0 Å². The van der Waals surface area contributed by atoms with Crippen LogP contribution in [0.25, 0.3) is 0 Å². The van der Waals surface area contributed by atoms with Gasteiger partial charge in [0, 0.05) is 43.4 Å². The molecule has 2 N–H and O–H groups in total. The van der Waals surface area contributed by atoms with E-state index in [2.05, 4.69) is 50.8 Å². The lowest BCUT2D eigenvalue weighted by Gasteiger charge is -2.35. The first-order valence-electron chi connectivity index (χ1n) is 10.00. The first-order valence-corrected chi connectivity index (χ1v) is 10.9. The number of fused-ring (bicyclic) bond motifs is 1. The number of hydrogen-bond acceptors (Lipinski definition) is 5. The van der Waals surface area contributed by atoms with Gasteiger partial charge in [-0.05, 0) is 40.6 Å². The highest BCUT2D eigenvalue weighted by Gasteiger charge is 2.26. The molecule has 2 aromatic heterocycles. The summed E-state index contributed by atoms with van der Waals surface area (Å²) in [7, 11) is 0. The second-order valence-corrected chi connectivity index (χ2v) is 8.25. The Kier molecular flexibility index (Phi) is 6.51. The summed E-state index contributed by atoms with van der Waals surface area (Å²) in [5, 5.41) is 7.52. The minimum absolute atomic E-state index is 0.0356. The molecule has 6 nitrogen and oxygen atoms in total. The van der Waals surface area contributed by atoms with Gasteiger partial charge in [0.25, 0.3) is 0 Å². The van der Waals surface area contributed by atoms with Gasteiger partial charge >= 0.3 is 11.8 Å². The molecule has 2 amide bonds. The highest BCUT2D eigenvalue weighted by atomic mass is 32.1. The SMILES string of the molecule is O=C(NCc1cccnc1)C(=O)NC[C@H](c1cccs1)N1CCc2ccccc2C1. The maximum Gasteiger partial charge on any atom is 0.309 e. The molecule has 0 fully saturated rings. The van der Waals surface area contributed by atoms with Crippen LogP contribution in [0.15, 0.2) is 66.3 Å². The average Bonchev–Trinajstić information content (AvgIpc) is 3.32. The summed E-state index contributed by atoms with van der Waals surface area (Å²) in [5.74, 6) is -1.24. The van der Waals surface area contributed by atoms with Gasteiger partial charge < -0.3 is 10.6 Å². The standard InChI is InChI=1S/C23H24N4O2S/c28-22(25-14-17-5-3-10-24-13-17)23(29)26-15-20(21-8-4-12-30-21)27-11-9-18-6-1-2-7-19(18)16-27/h1-8,10,12-13,20H,9,11,14-16H2,(H,25,28)(H,26,29)/t20-/m1/s1. The van der Waals surface area contributed by atoms with Crippen LogP contribution in [-0.2, 0) is 29.1 Å². The maximum absolute atomic E-state index is 12.4. The first kappa shape index (κ1) is 20.3. The third-order valence-corrected chi connectivity index (χ3v) is 6.28. The number of hydrogen-bond donors (Lipinski definition) is 2. The summed E-state index contributed by atoms with van der Waals surface area (Å²) in [6, 6.07) is 16.3. The van der Waals surface area contributed by atoms with Gasteiger partial charge in [-0.3, -0.25) is 19.5 Å². The lowest BCUT2D eigenvalue weighted by Crippen LogP contribution is -2.44. The van der Waals surface area contributed by atoms with E-state index < -0.39 is 11.8 Å². The highest BCUT2D eigenvalue weighted by Crippen LogP contribution is 2.29. The zero-order valence-electron chi connectivity index (χ0n) is 16.6. The van der Waals surface area contributed by atoms with Gasteiger partial charge in [-0.15, -0.1) is 11.3 Å². The van der Waals surface area contributed by atoms with Gasteiger partial charge in [-0.2, -0.15) is 0 Å². The number of benzene rings is 1. The molecule has 0 bridgehead atoms. The summed E-state index contributed by atoms with van der Waals surface area (Å²) < 4.78 is 0. The molecule has 1 aromatic carbocycles. The minimum Gasteiger partial charge on any atom is -0.346 e. The molecule has 1 aliphatic heterocycles. The molecule has 3 heterocycles. The Hall–Kier alpha value is -3.03. The Balaban J connectivity index is 1.37. The Labute approximate surface area is 180 Å². The number of aromatic nitrogens is 1. The molecule has 0 spiro atoms. The van der Waals surface area contributed by atoms with E-state index in [1.165, 1.54) is 16.0 Å². The predicted molar refractivity (Wildman–Crippen MR) is 117 cm³/mol. The maximum atomic E-state index is 12.4. The van der Waals surface area contributed by atoms with Crippen molar-refractivity contribution in [3.8, 4) is 0 Å². The molecule has 0 aliphatic carbocycles.